The molecule has 0 aliphatic rings. The van der Waals surface area contributed by atoms with Crippen molar-refractivity contribution < 1.29 is 13.0 Å². The lowest BCUT2D eigenvalue weighted by atomic mass is 11.7. The van der Waals surface area contributed by atoms with Gasteiger partial charge in [-0.1, -0.05) is 23.2 Å². The fraction of sp³-hybridized carbons (Fsp3) is 1.00. The molecule has 0 aromatic heterocycles. The van der Waals surface area contributed by atoms with Gasteiger partial charge in [0.05, 0.1) is 0 Å². The van der Waals surface area contributed by atoms with Crippen LogP contribution >= 0.6 is 23.2 Å². The number of hydrogen-bond acceptors (Lipinski definition) is 1. The van der Waals surface area contributed by atoms with Crippen LogP contribution in [-0.2, 0) is 10.8 Å². The van der Waals surface area contributed by atoms with E-state index in [9.17, 15) is 13.0 Å². The number of rotatable bonds is 2. The van der Waals surface area contributed by atoms with Crippen molar-refractivity contribution in [1.82, 2.24) is 0 Å². The van der Waals surface area contributed by atoms with Gasteiger partial charge < -0.3 is 0 Å². The van der Waals surface area contributed by atoms with Crippen molar-refractivity contribution in [3.8, 4) is 0 Å². The Hall–Kier alpha value is 0.590. The Labute approximate surface area is 57.4 Å². The zero-order valence-electron chi connectivity index (χ0n) is 3.48. The molecule has 1 nitrogen and oxygen atoms in total. The molecule has 0 rings (SSSR count). The Kier molecular flexibility index (Phi) is 3.85. The van der Waals surface area contributed by atoms with Crippen LogP contribution in [0.1, 0.15) is 0 Å². The van der Waals surface area contributed by atoms with Gasteiger partial charge in [-0.05, 0) is 0 Å². The highest BCUT2D eigenvalue weighted by molar-refractivity contribution is 7.88. The fourth-order valence-corrected chi connectivity index (χ4v) is 0.933. The van der Waals surface area contributed by atoms with Crippen molar-refractivity contribution in [1.29, 1.82) is 0 Å². The second-order valence-electron chi connectivity index (χ2n) is 0.850. The molecule has 0 radical (unpaired) electrons. The Morgan fingerprint density at radius 1 is 1.25 bits per heavy atom. The highest BCUT2D eigenvalue weighted by atomic mass is 35.5. The van der Waals surface area contributed by atoms with Crippen molar-refractivity contribution in [2.75, 3.05) is 0 Å². The summed E-state index contributed by atoms with van der Waals surface area (Å²) in [7, 11) is -2.43. The van der Waals surface area contributed by atoms with Crippen molar-refractivity contribution in [2.24, 2.45) is 0 Å². The summed E-state index contributed by atoms with van der Waals surface area (Å²) in [6.45, 7) is 0. The number of hydrogen-bond donors (Lipinski definition) is 0. The summed E-state index contributed by atoms with van der Waals surface area (Å²) < 4.78 is 32.9. The van der Waals surface area contributed by atoms with Crippen LogP contribution in [-0.4, -0.2) is 14.1 Å². The highest BCUT2D eigenvalue weighted by Gasteiger charge is 2.19. The lowest BCUT2D eigenvalue weighted by molar-refractivity contribution is 0.501. The maximum atomic E-state index is 11.5. The molecule has 0 saturated carbocycles. The molecule has 2 unspecified atom stereocenters. The number of halogens is 4. The van der Waals surface area contributed by atoms with Crippen LogP contribution < -0.4 is 0 Å². The summed E-state index contributed by atoms with van der Waals surface area (Å²) in [6.07, 6.45) is 0. The molecule has 0 amide bonds. The van der Waals surface area contributed by atoms with Gasteiger partial charge in [-0.25, -0.2) is 8.78 Å². The minimum atomic E-state index is -2.43. The van der Waals surface area contributed by atoms with Crippen LogP contribution in [0.15, 0.2) is 0 Å². The molecule has 50 valence electrons. The van der Waals surface area contributed by atoms with Crippen molar-refractivity contribution in [3.63, 3.8) is 0 Å². The van der Waals surface area contributed by atoms with Gasteiger partial charge in [0.1, 0.15) is 10.8 Å². The average molecular weight is 183 g/mol. The van der Waals surface area contributed by atoms with Crippen LogP contribution in [0.5, 0.6) is 0 Å². The van der Waals surface area contributed by atoms with Gasteiger partial charge in [0.15, 0.2) is 0 Å². The topological polar surface area (TPSA) is 17.1 Å². The van der Waals surface area contributed by atoms with Gasteiger partial charge in [-0.3, -0.25) is 4.21 Å². The molecule has 6 heteroatoms. The molecule has 2 atom stereocenters. The molecule has 0 aromatic carbocycles. The largest absolute Gasteiger partial charge is 0.251 e. The normalized spacial score (nSPS) is 22.0. The molecular weight excluding hydrogens is 181 g/mol. The van der Waals surface area contributed by atoms with Crippen LogP contribution in [0.2, 0.25) is 0 Å². The third kappa shape index (κ3) is 2.79. The lowest BCUT2D eigenvalue weighted by Crippen LogP contribution is -2.08. The minimum Gasteiger partial charge on any atom is -0.251 e. The van der Waals surface area contributed by atoms with Gasteiger partial charge in [-0.2, -0.15) is 0 Å². The number of alkyl halides is 4. The summed E-state index contributed by atoms with van der Waals surface area (Å²) in [5.41, 5.74) is 0. The Balaban J connectivity index is 3.65. The van der Waals surface area contributed by atoms with Crippen LogP contribution in [0.25, 0.3) is 0 Å². The Bertz CT molecular complexity index is 86.0. The van der Waals surface area contributed by atoms with E-state index in [1.54, 1.807) is 0 Å². The Morgan fingerprint density at radius 2 is 1.50 bits per heavy atom. The lowest BCUT2D eigenvalue weighted by Gasteiger charge is -1.96. The smallest absolute Gasteiger partial charge is 0.251 e. The molecule has 0 saturated heterocycles. The van der Waals surface area contributed by atoms with E-state index >= 15 is 0 Å². The van der Waals surface area contributed by atoms with E-state index in [-0.39, 0.29) is 0 Å². The average Bonchev–Trinajstić information content (AvgIpc) is 1.64. The molecule has 0 aromatic rings. The van der Waals surface area contributed by atoms with Gasteiger partial charge in [0, 0.05) is 0 Å². The van der Waals surface area contributed by atoms with E-state index in [1.807, 2.05) is 0 Å². The second kappa shape index (κ2) is 3.58. The summed E-state index contributed by atoms with van der Waals surface area (Å²) in [5, 5.41) is 0. The van der Waals surface area contributed by atoms with E-state index in [0.29, 0.717) is 0 Å². The molecule has 0 N–H and O–H groups in total. The van der Waals surface area contributed by atoms with Gasteiger partial charge >= 0.3 is 0 Å². The minimum absolute atomic E-state index is 2.22. The molecule has 0 aliphatic carbocycles. The predicted octanol–water partition coefficient (Wildman–Crippen LogP) is 1.72. The monoisotopic (exact) mass is 182 g/mol. The first-order valence-corrected chi connectivity index (χ1v) is 3.66. The summed E-state index contributed by atoms with van der Waals surface area (Å²) in [6, 6.07) is 0. The van der Waals surface area contributed by atoms with Crippen molar-refractivity contribution in [3.05, 3.63) is 0 Å². The van der Waals surface area contributed by atoms with Crippen LogP contribution in [0.4, 0.5) is 8.78 Å². The van der Waals surface area contributed by atoms with E-state index in [0.717, 1.165) is 0 Å². The third-order valence-electron chi connectivity index (χ3n) is 0.351. The quantitative estimate of drug-likeness (QED) is 0.595. The van der Waals surface area contributed by atoms with Gasteiger partial charge in [-0.15, -0.1) is 0 Å². The first-order valence-electron chi connectivity index (χ1n) is 1.51. The predicted molar refractivity (Wildman–Crippen MR) is 29.6 cm³/mol. The fourth-order valence-electron chi connectivity index (χ4n) is 0.0778. The second-order valence-corrected chi connectivity index (χ2v) is 3.62. The zero-order chi connectivity index (χ0) is 6.73. The maximum Gasteiger partial charge on any atom is 0.251 e. The molecule has 0 aliphatic heterocycles. The van der Waals surface area contributed by atoms with Crippen LogP contribution in [0.3, 0.4) is 0 Å². The van der Waals surface area contributed by atoms with E-state index in [2.05, 4.69) is 23.2 Å². The summed E-state index contributed by atoms with van der Waals surface area (Å²) in [4.78, 5) is -4.44. The van der Waals surface area contributed by atoms with Crippen molar-refractivity contribution in [2.45, 2.75) is 9.93 Å². The van der Waals surface area contributed by atoms with E-state index in [4.69, 9.17) is 0 Å². The van der Waals surface area contributed by atoms with Gasteiger partial charge in [0.2, 0.25) is 0 Å². The van der Waals surface area contributed by atoms with E-state index < -0.39 is 20.7 Å². The maximum absolute atomic E-state index is 11.5. The standard InChI is InChI=1S/C2H2Cl2F2OS/c3-1(5)8(7)2(4)6/h1-2H. The highest BCUT2D eigenvalue weighted by Crippen LogP contribution is 2.13. The molecule has 0 spiro atoms. The molecule has 0 fully saturated rings. The first kappa shape index (κ1) is 8.59. The SMILES string of the molecule is O=S(C(F)Cl)C(F)Cl. The molecule has 8 heavy (non-hydrogen) atoms. The first-order chi connectivity index (χ1) is 3.55. The zero-order valence-corrected chi connectivity index (χ0v) is 5.81. The summed E-state index contributed by atoms with van der Waals surface area (Å²) in [5.74, 6) is 0. The van der Waals surface area contributed by atoms with Crippen molar-refractivity contribution >= 4 is 34.0 Å². The van der Waals surface area contributed by atoms with Gasteiger partial charge in [0.25, 0.3) is 9.93 Å². The molecule has 0 bridgehead atoms. The molecular formula is C2H2Cl2F2OS. The van der Waals surface area contributed by atoms with Crippen LogP contribution in [0, 0.1) is 0 Å². The van der Waals surface area contributed by atoms with E-state index in [1.165, 1.54) is 0 Å². The third-order valence-corrected chi connectivity index (χ3v) is 2.11. The Morgan fingerprint density at radius 3 is 1.50 bits per heavy atom. The summed E-state index contributed by atoms with van der Waals surface area (Å²) >= 11 is 9.06. The molecule has 0 heterocycles.